The molecule has 0 rings (SSSR count). The van der Waals surface area contributed by atoms with Crippen LogP contribution in [0.4, 0.5) is 4.79 Å². The molecule has 4 heteroatoms. The van der Waals surface area contributed by atoms with Crippen molar-refractivity contribution in [1.82, 2.24) is 10.4 Å². The largest absolute Gasteiger partial charge is 0.443 e. The van der Waals surface area contributed by atoms with E-state index in [2.05, 4.69) is 5.43 Å². The van der Waals surface area contributed by atoms with Crippen LogP contribution in [-0.2, 0) is 4.74 Å². The Morgan fingerprint density at radius 1 is 1.36 bits per heavy atom. The molecule has 0 aliphatic heterocycles. The predicted molar refractivity (Wildman–Crippen MR) is 43.1 cm³/mol. The quantitative estimate of drug-likeness (QED) is 0.581. The van der Waals surface area contributed by atoms with Crippen LogP contribution in [0.5, 0.6) is 0 Å². The van der Waals surface area contributed by atoms with Gasteiger partial charge in [0.15, 0.2) is 0 Å². The van der Waals surface area contributed by atoms with E-state index in [1.807, 2.05) is 20.8 Å². The molecule has 0 aromatic carbocycles. The number of rotatable bonds is 1. The van der Waals surface area contributed by atoms with Gasteiger partial charge in [-0.1, -0.05) is 0 Å². The molecule has 0 spiro atoms. The summed E-state index contributed by atoms with van der Waals surface area (Å²) in [4.78, 5) is 10.9. The number of hydrogen-bond acceptors (Lipinski definition) is 3. The lowest BCUT2D eigenvalue weighted by Gasteiger charge is -2.21. The molecular weight excluding hydrogens is 144 g/mol. The average Bonchev–Trinajstić information content (AvgIpc) is 1.53. The van der Waals surface area contributed by atoms with E-state index >= 15 is 0 Å². The molecule has 0 saturated carbocycles. The lowest BCUT2D eigenvalue weighted by molar-refractivity contribution is 0.0399. The minimum atomic E-state index is -0.430. The molecule has 0 heterocycles. The molecule has 1 amide bonds. The zero-order valence-electron chi connectivity index (χ0n) is 7.76. The van der Waals surface area contributed by atoms with Gasteiger partial charge in [-0.15, -0.1) is 0 Å². The molecule has 1 N–H and O–H groups in total. The molecule has 0 radical (unpaired) electrons. The molecule has 0 bridgehead atoms. The van der Waals surface area contributed by atoms with Gasteiger partial charge in [0.1, 0.15) is 5.60 Å². The van der Waals surface area contributed by atoms with E-state index in [1.165, 1.54) is 5.01 Å². The summed E-state index contributed by atoms with van der Waals surface area (Å²) in [6.07, 6.45) is -0.428. The minimum absolute atomic E-state index is 0.428. The Balaban J connectivity index is 3.71. The number of carbonyl (C=O) groups excluding carboxylic acids is 1. The zero-order valence-corrected chi connectivity index (χ0v) is 7.76. The van der Waals surface area contributed by atoms with Gasteiger partial charge in [-0.3, -0.25) is 5.43 Å². The van der Waals surface area contributed by atoms with Crippen molar-refractivity contribution < 1.29 is 9.53 Å². The Morgan fingerprint density at radius 3 is 2.09 bits per heavy atom. The van der Waals surface area contributed by atoms with Crippen LogP contribution in [-0.4, -0.2) is 30.8 Å². The number of amides is 1. The van der Waals surface area contributed by atoms with Gasteiger partial charge in [-0.25, -0.2) is 9.80 Å². The standard InChI is InChI=1S/C7H16N2O2/c1-7(2,3)11-6(10)8-9(4)5/h1-5H3,(H,8,10). The minimum Gasteiger partial charge on any atom is -0.443 e. The summed E-state index contributed by atoms with van der Waals surface area (Å²) in [6.45, 7) is 5.46. The second-order valence-electron chi connectivity index (χ2n) is 3.51. The van der Waals surface area contributed by atoms with E-state index in [1.54, 1.807) is 14.1 Å². The summed E-state index contributed by atoms with van der Waals surface area (Å²) >= 11 is 0. The highest BCUT2D eigenvalue weighted by Gasteiger charge is 2.15. The van der Waals surface area contributed by atoms with Gasteiger partial charge < -0.3 is 4.74 Å². The third-order valence-corrected chi connectivity index (χ3v) is 0.714. The van der Waals surface area contributed by atoms with Gasteiger partial charge in [0.25, 0.3) is 0 Å². The Kier molecular flexibility index (Phi) is 3.32. The SMILES string of the molecule is CN(C)NC(=O)OC(C)(C)C. The van der Waals surface area contributed by atoms with Gasteiger partial charge >= 0.3 is 6.09 Å². The third-order valence-electron chi connectivity index (χ3n) is 0.714. The molecular formula is C7H16N2O2. The van der Waals surface area contributed by atoms with Crippen LogP contribution >= 0.6 is 0 Å². The van der Waals surface area contributed by atoms with Crippen molar-refractivity contribution in [2.45, 2.75) is 26.4 Å². The number of carbonyl (C=O) groups is 1. The molecule has 4 nitrogen and oxygen atoms in total. The van der Waals surface area contributed by atoms with E-state index in [0.717, 1.165) is 0 Å². The lowest BCUT2D eigenvalue weighted by Crippen LogP contribution is -2.40. The smallest absolute Gasteiger partial charge is 0.422 e. The summed E-state index contributed by atoms with van der Waals surface area (Å²) in [7, 11) is 3.45. The highest BCUT2D eigenvalue weighted by molar-refractivity contribution is 5.66. The number of hydrogen-bond donors (Lipinski definition) is 1. The van der Waals surface area contributed by atoms with E-state index < -0.39 is 11.7 Å². The van der Waals surface area contributed by atoms with Crippen molar-refractivity contribution in [1.29, 1.82) is 0 Å². The average molecular weight is 160 g/mol. The first-order valence-corrected chi connectivity index (χ1v) is 3.48. The van der Waals surface area contributed by atoms with E-state index in [4.69, 9.17) is 4.74 Å². The van der Waals surface area contributed by atoms with Gasteiger partial charge in [-0.2, -0.15) is 0 Å². The molecule has 66 valence electrons. The highest BCUT2D eigenvalue weighted by Crippen LogP contribution is 2.05. The van der Waals surface area contributed by atoms with Crippen LogP contribution in [0.15, 0.2) is 0 Å². The van der Waals surface area contributed by atoms with Crippen LogP contribution < -0.4 is 5.43 Å². The Morgan fingerprint density at radius 2 is 1.82 bits per heavy atom. The van der Waals surface area contributed by atoms with E-state index in [-0.39, 0.29) is 0 Å². The number of ether oxygens (including phenoxy) is 1. The second-order valence-corrected chi connectivity index (χ2v) is 3.51. The van der Waals surface area contributed by atoms with Crippen molar-refractivity contribution in [2.24, 2.45) is 0 Å². The first-order chi connectivity index (χ1) is 4.81. The zero-order chi connectivity index (χ0) is 9.07. The van der Waals surface area contributed by atoms with Crippen molar-refractivity contribution >= 4 is 6.09 Å². The Bertz CT molecular complexity index is 138. The van der Waals surface area contributed by atoms with Crippen molar-refractivity contribution in [2.75, 3.05) is 14.1 Å². The third kappa shape index (κ3) is 7.12. The molecule has 0 aromatic rings. The van der Waals surface area contributed by atoms with Gasteiger partial charge in [0.05, 0.1) is 0 Å². The van der Waals surface area contributed by atoms with E-state index in [9.17, 15) is 4.79 Å². The van der Waals surface area contributed by atoms with Gasteiger partial charge in [-0.05, 0) is 20.8 Å². The summed E-state index contributed by atoms with van der Waals surface area (Å²) in [5.74, 6) is 0. The predicted octanol–water partition coefficient (Wildman–Crippen LogP) is 0.988. The maximum Gasteiger partial charge on any atom is 0.422 e. The number of hydrazine groups is 1. The van der Waals surface area contributed by atoms with Crippen LogP contribution in [0, 0.1) is 0 Å². The summed E-state index contributed by atoms with van der Waals surface area (Å²) in [5, 5.41) is 1.54. The van der Waals surface area contributed by atoms with Crippen LogP contribution in [0.3, 0.4) is 0 Å². The molecule has 11 heavy (non-hydrogen) atoms. The summed E-state index contributed by atoms with van der Waals surface area (Å²) < 4.78 is 4.96. The molecule has 0 aliphatic rings. The molecule has 0 aromatic heterocycles. The fourth-order valence-corrected chi connectivity index (χ4v) is 0.483. The topological polar surface area (TPSA) is 41.6 Å². The normalized spacial score (nSPS) is 11.5. The summed E-state index contributed by atoms with van der Waals surface area (Å²) in [6, 6.07) is 0. The molecule has 0 fully saturated rings. The second kappa shape index (κ2) is 3.57. The van der Waals surface area contributed by atoms with Crippen LogP contribution in [0.2, 0.25) is 0 Å². The van der Waals surface area contributed by atoms with Gasteiger partial charge in [0.2, 0.25) is 0 Å². The van der Waals surface area contributed by atoms with Crippen LogP contribution in [0.25, 0.3) is 0 Å². The van der Waals surface area contributed by atoms with Crippen LogP contribution in [0.1, 0.15) is 20.8 Å². The maximum absolute atomic E-state index is 10.9. The fourth-order valence-electron chi connectivity index (χ4n) is 0.483. The van der Waals surface area contributed by atoms with Crippen molar-refractivity contribution in [3.8, 4) is 0 Å². The molecule has 0 atom stereocenters. The Hall–Kier alpha value is -0.770. The summed E-state index contributed by atoms with van der Waals surface area (Å²) in [5.41, 5.74) is 2.04. The first-order valence-electron chi connectivity index (χ1n) is 3.48. The fraction of sp³-hybridized carbons (Fsp3) is 0.857. The molecule has 0 saturated heterocycles. The van der Waals surface area contributed by atoms with Crippen molar-refractivity contribution in [3.05, 3.63) is 0 Å². The molecule has 0 unspecified atom stereocenters. The van der Waals surface area contributed by atoms with Gasteiger partial charge in [0, 0.05) is 14.1 Å². The Labute approximate surface area is 67.5 Å². The first kappa shape index (κ1) is 10.2. The maximum atomic E-state index is 10.9. The monoisotopic (exact) mass is 160 g/mol. The number of nitrogens with one attached hydrogen (secondary N) is 1. The lowest BCUT2D eigenvalue weighted by atomic mass is 10.2. The number of nitrogens with zero attached hydrogens (tertiary/aromatic N) is 1. The highest BCUT2D eigenvalue weighted by atomic mass is 16.6. The van der Waals surface area contributed by atoms with E-state index in [0.29, 0.717) is 0 Å². The molecule has 0 aliphatic carbocycles. The van der Waals surface area contributed by atoms with Crippen molar-refractivity contribution in [3.63, 3.8) is 0 Å².